The number of rotatable bonds is 5. The third-order valence-corrected chi connectivity index (χ3v) is 1.32. The van der Waals surface area contributed by atoms with Gasteiger partial charge in [0.25, 0.3) is 0 Å². The monoisotopic (exact) mass is 156 g/mol. The number of nitrogens with zero attached hydrogens (tertiary/aromatic N) is 2. The van der Waals surface area contributed by atoms with Crippen molar-refractivity contribution in [1.29, 1.82) is 5.26 Å². The molecule has 0 saturated heterocycles. The summed E-state index contributed by atoms with van der Waals surface area (Å²) in [4.78, 5) is 2.05. The first kappa shape index (κ1) is 10.4. The molecule has 0 aliphatic carbocycles. The Morgan fingerprint density at radius 3 is 2.64 bits per heavy atom. The summed E-state index contributed by atoms with van der Waals surface area (Å²) >= 11 is 0. The Morgan fingerprint density at radius 1 is 1.55 bits per heavy atom. The predicted octanol–water partition coefficient (Wildman–Crippen LogP) is 0.867. The maximum absolute atomic E-state index is 8.30. The molecule has 0 radical (unpaired) electrons. The van der Waals surface area contributed by atoms with Crippen LogP contribution in [0.4, 0.5) is 0 Å². The van der Waals surface area contributed by atoms with E-state index >= 15 is 0 Å². The minimum atomic E-state index is 0.0694. The SMILES string of the molecule is CC(CC#N)OCCN(C)C. The summed E-state index contributed by atoms with van der Waals surface area (Å²) in [6.07, 6.45) is 0.549. The van der Waals surface area contributed by atoms with Crippen LogP contribution in [0.25, 0.3) is 0 Å². The zero-order chi connectivity index (χ0) is 8.69. The van der Waals surface area contributed by atoms with E-state index in [9.17, 15) is 0 Å². The fraction of sp³-hybridized carbons (Fsp3) is 0.875. The Bertz CT molecular complexity index is 129. The Labute approximate surface area is 68.6 Å². The van der Waals surface area contributed by atoms with E-state index < -0.39 is 0 Å². The molecular weight excluding hydrogens is 140 g/mol. The Balaban J connectivity index is 3.18. The second kappa shape index (κ2) is 6.14. The molecule has 0 spiro atoms. The minimum Gasteiger partial charge on any atom is -0.376 e. The number of ether oxygens (including phenoxy) is 1. The fourth-order valence-electron chi connectivity index (χ4n) is 0.624. The van der Waals surface area contributed by atoms with E-state index in [1.54, 1.807) is 0 Å². The Morgan fingerprint density at radius 2 is 2.18 bits per heavy atom. The van der Waals surface area contributed by atoms with Gasteiger partial charge < -0.3 is 9.64 Å². The molecule has 0 bridgehead atoms. The van der Waals surface area contributed by atoms with Gasteiger partial charge in [0.2, 0.25) is 0 Å². The molecule has 0 rings (SSSR count). The van der Waals surface area contributed by atoms with Crippen molar-refractivity contribution in [3.8, 4) is 6.07 Å². The molecule has 0 aromatic rings. The first-order valence-corrected chi connectivity index (χ1v) is 3.80. The maximum Gasteiger partial charge on any atom is 0.0677 e. The summed E-state index contributed by atoms with van der Waals surface area (Å²) in [5.74, 6) is 0. The Hall–Kier alpha value is -0.590. The number of hydrogen-bond donors (Lipinski definition) is 0. The van der Waals surface area contributed by atoms with E-state index in [0.717, 1.165) is 6.54 Å². The molecule has 0 fully saturated rings. The van der Waals surface area contributed by atoms with Gasteiger partial charge in [-0.3, -0.25) is 0 Å². The number of hydrogen-bond acceptors (Lipinski definition) is 3. The van der Waals surface area contributed by atoms with Crippen LogP contribution in [0.5, 0.6) is 0 Å². The van der Waals surface area contributed by atoms with Crippen LogP contribution < -0.4 is 0 Å². The van der Waals surface area contributed by atoms with E-state index in [1.165, 1.54) is 0 Å². The molecule has 64 valence electrons. The lowest BCUT2D eigenvalue weighted by molar-refractivity contribution is 0.0590. The molecule has 0 saturated carbocycles. The second-order valence-corrected chi connectivity index (χ2v) is 2.85. The summed E-state index contributed by atoms with van der Waals surface area (Å²) < 4.78 is 5.33. The highest BCUT2D eigenvalue weighted by atomic mass is 16.5. The molecule has 0 aromatic heterocycles. The van der Waals surface area contributed by atoms with Crippen LogP contribution in [0.15, 0.2) is 0 Å². The highest BCUT2D eigenvalue weighted by Gasteiger charge is 1.99. The summed E-state index contributed by atoms with van der Waals surface area (Å²) in [7, 11) is 4.00. The van der Waals surface area contributed by atoms with Gasteiger partial charge in [0.1, 0.15) is 0 Å². The summed E-state index contributed by atoms with van der Waals surface area (Å²) in [6.45, 7) is 3.53. The van der Waals surface area contributed by atoms with Gasteiger partial charge in [-0.1, -0.05) is 0 Å². The smallest absolute Gasteiger partial charge is 0.0677 e. The zero-order valence-electron chi connectivity index (χ0n) is 7.50. The molecule has 0 amide bonds. The normalized spacial score (nSPS) is 13.0. The zero-order valence-corrected chi connectivity index (χ0v) is 7.50. The third-order valence-electron chi connectivity index (χ3n) is 1.32. The highest BCUT2D eigenvalue weighted by Crippen LogP contribution is 1.94. The lowest BCUT2D eigenvalue weighted by Crippen LogP contribution is -2.20. The standard InChI is InChI=1S/C8H16N2O/c1-8(4-5-9)11-7-6-10(2)3/h8H,4,6-7H2,1-3H3. The molecule has 0 aliphatic rings. The van der Waals surface area contributed by atoms with Crippen molar-refractivity contribution >= 4 is 0 Å². The molecule has 0 heterocycles. The van der Waals surface area contributed by atoms with Gasteiger partial charge in [0, 0.05) is 6.54 Å². The van der Waals surface area contributed by atoms with E-state index in [4.69, 9.17) is 10.00 Å². The predicted molar refractivity (Wildman–Crippen MR) is 44.2 cm³/mol. The van der Waals surface area contributed by atoms with E-state index in [2.05, 4.69) is 11.0 Å². The second-order valence-electron chi connectivity index (χ2n) is 2.85. The van der Waals surface area contributed by atoms with Crippen LogP contribution in [0, 0.1) is 11.3 Å². The van der Waals surface area contributed by atoms with Gasteiger partial charge in [0.15, 0.2) is 0 Å². The quantitative estimate of drug-likeness (QED) is 0.592. The fourth-order valence-corrected chi connectivity index (χ4v) is 0.624. The van der Waals surface area contributed by atoms with Crippen molar-refractivity contribution in [2.24, 2.45) is 0 Å². The van der Waals surface area contributed by atoms with E-state index in [1.807, 2.05) is 21.0 Å². The molecular formula is C8H16N2O. The Kier molecular flexibility index (Phi) is 5.81. The van der Waals surface area contributed by atoms with Crippen molar-refractivity contribution in [1.82, 2.24) is 4.90 Å². The highest BCUT2D eigenvalue weighted by molar-refractivity contribution is 4.73. The van der Waals surface area contributed by atoms with Gasteiger partial charge in [-0.05, 0) is 21.0 Å². The number of likely N-dealkylation sites (N-methyl/N-ethyl adjacent to an activating group) is 1. The molecule has 1 unspecified atom stereocenters. The molecule has 0 aromatic carbocycles. The maximum atomic E-state index is 8.30. The van der Waals surface area contributed by atoms with E-state index in [0.29, 0.717) is 13.0 Å². The first-order chi connectivity index (χ1) is 5.16. The van der Waals surface area contributed by atoms with Gasteiger partial charge in [0.05, 0.1) is 25.2 Å². The number of nitriles is 1. The van der Waals surface area contributed by atoms with Crippen molar-refractivity contribution in [3.63, 3.8) is 0 Å². The molecule has 0 aliphatic heterocycles. The average Bonchev–Trinajstić information content (AvgIpc) is 1.87. The van der Waals surface area contributed by atoms with E-state index in [-0.39, 0.29) is 6.10 Å². The first-order valence-electron chi connectivity index (χ1n) is 3.80. The van der Waals surface area contributed by atoms with Crippen molar-refractivity contribution in [2.45, 2.75) is 19.4 Å². The third kappa shape index (κ3) is 7.31. The molecule has 3 nitrogen and oxygen atoms in total. The van der Waals surface area contributed by atoms with Crippen LogP contribution >= 0.6 is 0 Å². The van der Waals surface area contributed by atoms with Crippen molar-refractivity contribution in [3.05, 3.63) is 0 Å². The van der Waals surface area contributed by atoms with Crippen molar-refractivity contribution < 1.29 is 4.74 Å². The molecule has 0 N–H and O–H groups in total. The average molecular weight is 156 g/mol. The topological polar surface area (TPSA) is 36.3 Å². The van der Waals surface area contributed by atoms with Gasteiger partial charge >= 0.3 is 0 Å². The van der Waals surface area contributed by atoms with Gasteiger partial charge in [-0.15, -0.1) is 0 Å². The van der Waals surface area contributed by atoms with Crippen LogP contribution in [0.3, 0.4) is 0 Å². The largest absolute Gasteiger partial charge is 0.376 e. The van der Waals surface area contributed by atoms with Gasteiger partial charge in [-0.25, -0.2) is 0 Å². The van der Waals surface area contributed by atoms with Gasteiger partial charge in [-0.2, -0.15) is 5.26 Å². The van der Waals surface area contributed by atoms with Crippen LogP contribution in [-0.4, -0.2) is 38.3 Å². The molecule has 11 heavy (non-hydrogen) atoms. The van der Waals surface area contributed by atoms with Crippen LogP contribution in [0.1, 0.15) is 13.3 Å². The van der Waals surface area contributed by atoms with Crippen LogP contribution in [0.2, 0.25) is 0 Å². The van der Waals surface area contributed by atoms with Crippen molar-refractivity contribution in [2.75, 3.05) is 27.2 Å². The lowest BCUT2D eigenvalue weighted by atomic mass is 10.3. The molecule has 1 atom stereocenters. The molecule has 3 heteroatoms. The summed E-state index contributed by atoms with van der Waals surface area (Å²) in [5.41, 5.74) is 0. The minimum absolute atomic E-state index is 0.0694. The summed E-state index contributed by atoms with van der Waals surface area (Å²) in [6, 6.07) is 2.07. The summed E-state index contributed by atoms with van der Waals surface area (Å²) in [5, 5.41) is 8.30. The lowest BCUT2D eigenvalue weighted by Gasteiger charge is -2.12. The van der Waals surface area contributed by atoms with Crippen LogP contribution in [-0.2, 0) is 4.74 Å².